The summed E-state index contributed by atoms with van der Waals surface area (Å²) in [6.45, 7) is 5.44. The molecule has 3 rings (SSSR count). The van der Waals surface area contributed by atoms with Crippen LogP contribution in [0.4, 0.5) is 9.59 Å². The molecule has 0 bridgehead atoms. The lowest BCUT2D eigenvalue weighted by Gasteiger charge is -2.22. The third kappa shape index (κ3) is 6.69. The molecule has 11 nitrogen and oxygen atoms in total. The van der Waals surface area contributed by atoms with Crippen molar-refractivity contribution < 1.29 is 19.1 Å². The molecule has 0 aliphatic carbocycles. The summed E-state index contributed by atoms with van der Waals surface area (Å²) in [5, 5.41) is 14.0. The van der Waals surface area contributed by atoms with Crippen LogP contribution in [0.15, 0.2) is 42.6 Å². The predicted octanol–water partition coefficient (Wildman–Crippen LogP) is 3.39. The third-order valence-corrected chi connectivity index (χ3v) is 4.81. The lowest BCUT2D eigenvalue weighted by Crippen LogP contribution is -2.45. The number of carbonyl (C=O) groups is 2. The summed E-state index contributed by atoms with van der Waals surface area (Å²) in [4.78, 5) is 28.3. The van der Waals surface area contributed by atoms with Crippen molar-refractivity contribution in [2.75, 3.05) is 26.3 Å². The molecule has 1 N–H and O–H groups in total. The van der Waals surface area contributed by atoms with Crippen LogP contribution in [0.25, 0.3) is 11.4 Å². The van der Waals surface area contributed by atoms with Crippen molar-refractivity contribution in [2.45, 2.75) is 26.7 Å². The maximum absolute atomic E-state index is 12.7. The van der Waals surface area contributed by atoms with Gasteiger partial charge in [-0.15, -0.1) is 15.0 Å². The first-order valence-electron chi connectivity index (χ1n) is 10.6. The number of hydrogen-bond donors (Lipinski definition) is 1. The second kappa shape index (κ2) is 11.9. The summed E-state index contributed by atoms with van der Waals surface area (Å²) in [6, 6.07) is 6.85. The molecule has 33 heavy (non-hydrogen) atoms. The second-order valence-corrected chi connectivity index (χ2v) is 7.32. The molecule has 176 valence electrons. The van der Waals surface area contributed by atoms with Crippen LogP contribution in [0, 0.1) is 0 Å². The standard InChI is InChI=1S/C21H26ClN7O4/c1-3-32-20(30)25-28(21(31)33-4-2)18(8-7-15-27-13-5-6-14-27)19-23-26-29(24-19)17-11-9-16(22)10-12-17/h7-12,15H,3-6,13-14H2,1-2H3,(H,25,30)/b15-7+,18-8-. The van der Waals surface area contributed by atoms with Gasteiger partial charge < -0.3 is 14.4 Å². The van der Waals surface area contributed by atoms with Crippen LogP contribution in [0.2, 0.25) is 5.02 Å². The van der Waals surface area contributed by atoms with Crippen LogP contribution in [0.5, 0.6) is 0 Å². The highest BCUT2D eigenvalue weighted by molar-refractivity contribution is 6.30. The van der Waals surface area contributed by atoms with Crippen molar-refractivity contribution >= 4 is 29.5 Å². The number of ether oxygens (including phenoxy) is 2. The highest BCUT2D eigenvalue weighted by Crippen LogP contribution is 2.18. The maximum atomic E-state index is 12.7. The molecule has 0 saturated carbocycles. The molecule has 12 heteroatoms. The average molecular weight is 476 g/mol. The van der Waals surface area contributed by atoms with E-state index in [4.69, 9.17) is 21.1 Å². The van der Waals surface area contributed by atoms with Crippen molar-refractivity contribution in [3.05, 3.63) is 53.5 Å². The molecule has 0 radical (unpaired) electrons. The number of halogens is 1. The van der Waals surface area contributed by atoms with Crippen LogP contribution in [-0.2, 0) is 9.47 Å². The number of rotatable bonds is 7. The Hall–Kier alpha value is -3.60. The molecule has 0 unspecified atom stereocenters. The second-order valence-electron chi connectivity index (χ2n) is 6.88. The number of benzene rings is 1. The first-order valence-corrected chi connectivity index (χ1v) is 11.0. The normalized spacial score (nSPS) is 13.9. The summed E-state index contributed by atoms with van der Waals surface area (Å²) >= 11 is 5.95. The Morgan fingerprint density at radius 1 is 1.15 bits per heavy atom. The fourth-order valence-corrected chi connectivity index (χ4v) is 3.17. The van der Waals surface area contributed by atoms with Crippen LogP contribution >= 0.6 is 11.6 Å². The van der Waals surface area contributed by atoms with E-state index in [0.29, 0.717) is 10.7 Å². The van der Waals surface area contributed by atoms with Gasteiger partial charge in [-0.3, -0.25) is 0 Å². The van der Waals surface area contributed by atoms with E-state index in [2.05, 4.69) is 25.7 Å². The van der Waals surface area contributed by atoms with Gasteiger partial charge in [-0.25, -0.2) is 15.0 Å². The van der Waals surface area contributed by atoms with Gasteiger partial charge in [-0.05, 0) is 74.5 Å². The Labute approximate surface area is 196 Å². The van der Waals surface area contributed by atoms with E-state index in [0.717, 1.165) is 30.9 Å². The number of hydrazine groups is 1. The monoisotopic (exact) mass is 475 g/mol. The summed E-state index contributed by atoms with van der Waals surface area (Å²) in [5.41, 5.74) is 3.15. The average Bonchev–Trinajstić information content (AvgIpc) is 3.49. The largest absolute Gasteiger partial charge is 0.449 e. The Bertz CT molecular complexity index is 1000. The highest BCUT2D eigenvalue weighted by atomic mass is 35.5. The zero-order chi connectivity index (χ0) is 23.6. The molecular formula is C21H26ClN7O4. The number of likely N-dealkylation sites (tertiary alicyclic amines) is 1. The molecular weight excluding hydrogens is 450 g/mol. The lowest BCUT2D eigenvalue weighted by molar-refractivity contribution is 0.0957. The molecule has 1 saturated heterocycles. The number of tetrazole rings is 1. The van der Waals surface area contributed by atoms with E-state index >= 15 is 0 Å². The Kier molecular flexibility index (Phi) is 8.64. The van der Waals surface area contributed by atoms with Crippen LogP contribution in [0.1, 0.15) is 32.5 Å². The first-order chi connectivity index (χ1) is 16.0. The summed E-state index contributed by atoms with van der Waals surface area (Å²) in [6.07, 6.45) is 5.85. The summed E-state index contributed by atoms with van der Waals surface area (Å²) in [5.74, 6) is 0.0841. The van der Waals surface area contributed by atoms with Crippen molar-refractivity contribution in [1.29, 1.82) is 0 Å². The SMILES string of the molecule is CCOC(=O)NN(C(=O)OCC)/C(=C\C=C\N1CCCC1)c1nnn(-c2ccc(Cl)cc2)n1. The summed E-state index contributed by atoms with van der Waals surface area (Å²) < 4.78 is 10.0. The van der Waals surface area contributed by atoms with Gasteiger partial charge in [0.15, 0.2) is 0 Å². The molecule has 1 aromatic carbocycles. The predicted molar refractivity (Wildman–Crippen MR) is 121 cm³/mol. The van der Waals surface area contributed by atoms with Crippen LogP contribution in [0.3, 0.4) is 0 Å². The van der Waals surface area contributed by atoms with Crippen molar-refractivity contribution in [1.82, 2.24) is 35.5 Å². The zero-order valence-corrected chi connectivity index (χ0v) is 19.2. The minimum atomic E-state index is -0.829. The van der Waals surface area contributed by atoms with Crippen molar-refractivity contribution in [3.8, 4) is 5.69 Å². The van der Waals surface area contributed by atoms with E-state index < -0.39 is 12.2 Å². The molecule has 1 fully saturated rings. The zero-order valence-electron chi connectivity index (χ0n) is 18.5. The van der Waals surface area contributed by atoms with E-state index in [1.807, 2.05) is 6.20 Å². The van der Waals surface area contributed by atoms with Crippen LogP contribution < -0.4 is 5.43 Å². The van der Waals surface area contributed by atoms with Gasteiger partial charge >= 0.3 is 12.2 Å². The Morgan fingerprint density at radius 2 is 1.85 bits per heavy atom. The number of hydrogen-bond acceptors (Lipinski definition) is 8. The van der Waals surface area contributed by atoms with E-state index in [1.54, 1.807) is 50.3 Å². The highest BCUT2D eigenvalue weighted by Gasteiger charge is 2.27. The van der Waals surface area contributed by atoms with E-state index in [1.165, 1.54) is 4.80 Å². The minimum Gasteiger partial charge on any atom is -0.449 e. The smallest absolute Gasteiger partial charge is 0.433 e. The van der Waals surface area contributed by atoms with E-state index in [-0.39, 0.29) is 24.7 Å². The number of carbonyl (C=O) groups excluding carboxylic acids is 2. The fraction of sp³-hybridized carbons (Fsp3) is 0.381. The number of aromatic nitrogens is 4. The number of nitrogens with zero attached hydrogens (tertiary/aromatic N) is 6. The quantitative estimate of drug-likeness (QED) is 0.478. The van der Waals surface area contributed by atoms with Crippen molar-refractivity contribution in [2.24, 2.45) is 0 Å². The number of allylic oxidation sites excluding steroid dienone is 2. The van der Waals surface area contributed by atoms with E-state index in [9.17, 15) is 9.59 Å². The molecule has 0 atom stereocenters. The Balaban J connectivity index is 1.97. The third-order valence-electron chi connectivity index (χ3n) is 4.56. The topological polar surface area (TPSA) is 115 Å². The van der Waals surface area contributed by atoms with Crippen molar-refractivity contribution in [3.63, 3.8) is 0 Å². The molecule has 1 aromatic heterocycles. The lowest BCUT2D eigenvalue weighted by atomic mass is 10.3. The number of nitrogens with one attached hydrogen (secondary N) is 1. The van der Waals surface area contributed by atoms with Gasteiger partial charge in [0.25, 0.3) is 0 Å². The molecule has 1 aliphatic rings. The van der Waals surface area contributed by atoms with Gasteiger partial charge in [0.2, 0.25) is 5.82 Å². The van der Waals surface area contributed by atoms with Gasteiger partial charge in [0.1, 0.15) is 5.70 Å². The van der Waals surface area contributed by atoms with Gasteiger partial charge in [-0.1, -0.05) is 11.6 Å². The summed E-state index contributed by atoms with van der Waals surface area (Å²) in [7, 11) is 0. The van der Waals surface area contributed by atoms with Gasteiger partial charge in [0, 0.05) is 18.1 Å². The Morgan fingerprint density at radius 3 is 2.52 bits per heavy atom. The fourth-order valence-electron chi connectivity index (χ4n) is 3.04. The molecule has 0 spiro atoms. The molecule has 1 aliphatic heterocycles. The van der Waals surface area contributed by atoms with Gasteiger partial charge in [0.05, 0.1) is 18.9 Å². The number of amides is 2. The molecule has 2 heterocycles. The molecule has 2 amide bonds. The van der Waals surface area contributed by atoms with Crippen LogP contribution in [-0.4, -0.2) is 68.6 Å². The van der Waals surface area contributed by atoms with Gasteiger partial charge in [-0.2, -0.15) is 5.01 Å². The first kappa shape index (κ1) is 24.1. The molecule has 2 aromatic rings. The minimum absolute atomic E-state index is 0.0841. The maximum Gasteiger partial charge on any atom is 0.433 e.